The van der Waals surface area contributed by atoms with Gasteiger partial charge < -0.3 is 0 Å². The zero-order valence-corrected chi connectivity index (χ0v) is 5.99. The van der Waals surface area contributed by atoms with Crippen molar-refractivity contribution in [3.05, 3.63) is 0 Å². The van der Waals surface area contributed by atoms with Gasteiger partial charge in [0.2, 0.25) is 0 Å². The fourth-order valence-corrected chi connectivity index (χ4v) is 0.593. The molecule has 1 aliphatic heterocycles. The SMILES string of the molecule is CC1=NNC(=O)[C@]1(C)Cl. The van der Waals surface area contributed by atoms with Gasteiger partial charge in [0.05, 0.1) is 5.71 Å². The van der Waals surface area contributed by atoms with E-state index in [-0.39, 0.29) is 5.91 Å². The highest BCUT2D eigenvalue weighted by atomic mass is 35.5. The quantitative estimate of drug-likeness (QED) is 0.497. The average Bonchev–Trinajstić information content (AvgIpc) is 1.96. The molecule has 1 amide bonds. The maximum Gasteiger partial charge on any atom is 0.266 e. The average molecular weight is 147 g/mol. The maximum absolute atomic E-state index is 10.7. The van der Waals surface area contributed by atoms with Crippen molar-refractivity contribution in [3.8, 4) is 0 Å². The van der Waals surface area contributed by atoms with Gasteiger partial charge in [-0.25, -0.2) is 5.43 Å². The van der Waals surface area contributed by atoms with Crippen molar-refractivity contribution in [1.29, 1.82) is 0 Å². The highest BCUT2D eigenvalue weighted by Gasteiger charge is 2.38. The van der Waals surface area contributed by atoms with Crippen LogP contribution < -0.4 is 5.43 Å². The van der Waals surface area contributed by atoms with Crippen LogP contribution in [0.15, 0.2) is 5.10 Å². The minimum Gasteiger partial charge on any atom is -0.271 e. The lowest BCUT2D eigenvalue weighted by molar-refractivity contribution is -0.120. The zero-order chi connectivity index (χ0) is 7.07. The number of carbonyl (C=O) groups is 1. The second kappa shape index (κ2) is 1.70. The number of nitrogens with one attached hydrogen (secondary N) is 1. The summed E-state index contributed by atoms with van der Waals surface area (Å²) in [5.74, 6) is -0.248. The summed E-state index contributed by atoms with van der Waals surface area (Å²) >= 11 is 5.73. The van der Waals surface area contributed by atoms with Crippen molar-refractivity contribution in [2.24, 2.45) is 5.10 Å². The maximum atomic E-state index is 10.7. The number of hydrogen-bond acceptors (Lipinski definition) is 2. The zero-order valence-electron chi connectivity index (χ0n) is 5.23. The summed E-state index contributed by atoms with van der Waals surface area (Å²) < 4.78 is 0. The Morgan fingerprint density at radius 1 is 1.78 bits per heavy atom. The Labute approximate surface area is 58.1 Å². The molecule has 50 valence electrons. The molecular weight excluding hydrogens is 140 g/mol. The third kappa shape index (κ3) is 0.812. The van der Waals surface area contributed by atoms with Crippen LogP contribution in [0.2, 0.25) is 0 Å². The van der Waals surface area contributed by atoms with Crippen LogP contribution in [-0.2, 0) is 4.79 Å². The van der Waals surface area contributed by atoms with Crippen LogP contribution in [0.1, 0.15) is 13.8 Å². The summed E-state index contributed by atoms with van der Waals surface area (Å²) in [4.78, 5) is 9.83. The number of hydrazone groups is 1. The van der Waals surface area contributed by atoms with Crippen molar-refractivity contribution in [2.75, 3.05) is 0 Å². The topological polar surface area (TPSA) is 41.5 Å². The van der Waals surface area contributed by atoms with Crippen molar-refractivity contribution in [2.45, 2.75) is 18.7 Å². The lowest BCUT2D eigenvalue weighted by Gasteiger charge is -2.09. The lowest BCUT2D eigenvalue weighted by atomic mass is 10.1. The third-order valence-corrected chi connectivity index (χ3v) is 1.88. The Kier molecular flexibility index (Phi) is 1.24. The van der Waals surface area contributed by atoms with Crippen LogP contribution in [0.3, 0.4) is 0 Å². The molecule has 0 radical (unpaired) electrons. The summed E-state index contributed by atoms with van der Waals surface area (Å²) in [5, 5.41) is 3.66. The van der Waals surface area contributed by atoms with E-state index in [2.05, 4.69) is 10.5 Å². The molecule has 3 nitrogen and oxygen atoms in total. The van der Waals surface area contributed by atoms with Gasteiger partial charge >= 0.3 is 0 Å². The van der Waals surface area contributed by atoms with Gasteiger partial charge in [-0.15, -0.1) is 11.6 Å². The summed E-state index contributed by atoms with van der Waals surface area (Å²) in [6.45, 7) is 3.33. The standard InChI is InChI=1S/C5H7ClN2O/c1-3-5(2,6)4(9)8-7-3/h1-2H3,(H,8,9)/t5-/m1/s1. The van der Waals surface area contributed by atoms with Crippen molar-refractivity contribution >= 4 is 23.2 Å². The Balaban J connectivity index is 2.93. The molecule has 0 aromatic heterocycles. The predicted molar refractivity (Wildman–Crippen MR) is 35.5 cm³/mol. The molecule has 0 fully saturated rings. The summed E-state index contributed by atoms with van der Waals surface area (Å²) in [6.07, 6.45) is 0. The molecule has 1 N–H and O–H groups in total. The van der Waals surface area contributed by atoms with Gasteiger partial charge in [-0.05, 0) is 13.8 Å². The van der Waals surface area contributed by atoms with Gasteiger partial charge in [-0.1, -0.05) is 0 Å². The van der Waals surface area contributed by atoms with E-state index in [1.165, 1.54) is 0 Å². The first-order chi connectivity index (χ1) is 4.05. The van der Waals surface area contributed by atoms with Crippen LogP contribution in [0, 0.1) is 0 Å². The Bertz CT molecular complexity index is 185. The van der Waals surface area contributed by atoms with Crippen molar-refractivity contribution < 1.29 is 4.79 Å². The van der Waals surface area contributed by atoms with Gasteiger partial charge in [0.1, 0.15) is 0 Å². The molecule has 0 spiro atoms. The highest BCUT2D eigenvalue weighted by molar-refractivity contribution is 6.47. The minimum atomic E-state index is -0.917. The van der Waals surface area contributed by atoms with E-state index in [1.54, 1.807) is 13.8 Å². The fourth-order valence-electron chi connectivity index (χ4n) is 0.509. The molecule has 1 heterocycles. The van der Waals surface area contributed by atoms with E-state index in [0.29, 0.717) is 5.71 Å². The Morgan fingerprint density at radius 3 is 2.44 bits per heavy atom. The summed E-state index contributed by atoms with van der Waals surface area (Å²) in [6, 6.07) is 0. The molecule has 0 aliphatic carbocycles. The molecule has 0 aromatic carbocycles. The largest absolute Gasteiger partial charge is 0.271 e. The summed E-state index contributed by atoms with van der Waals surface area (Å²) in [5.41, 5.74) is 2.90. The van der Waals surface area contributed by atoms with E-state index >= 15 is 0 Å². The van der Waals surface area contributed by atoms with Crippen LogP contribution in [0.25, 0.3) is 0 Å². The Morgan fingerprint density at radius 2 is 2.33 bits per heavy atom. The first-order valence-electron chi connectivity index (χ1n) is 2.59. The lowest BCUT2D eigenvalue weighted by Crippen LogP contribution is -2.35. The number of halogens is 1. The molecule has 0 saturated carbocycles. The van der Waals surface area contributed by atoms with Gasteiger partial charge in [0.15, 0.2) is 4.87 Å². The summed E-state index contributed by atoms with van der Waals surface area (Å²) in [7, 11) is 0. The smallest absolute Gasteiger partial charge is 0.266 e. The van der Waals surface area contributed by atoms with Gasteiger partial charge in [0.25, 0.3) is 5.91 Å². The van der Waals surface area contributed by atoms with Crippen LogP contribution >= 0.6 is 11.6 Å². The minimum absolute atomic E-state index is 0.248. The molecule has 4 heteroatoms. The third-order valence-electron chi connectivity index (χ3n) is 1.43. The molecule has 0 unspecified atom stereocenters. The molecule has 0 saturated heterocycles. The molecule has 1 aliphatic rings. The van der Waals surface area contributed by atoms with E-state index in [9.17, 15) is 4.79 Å². The van der Waals surface area contributed by atoms with Gasteiger partial charge in [-0.2, -0.15) is 5.10 Å². The van der Waals surface area contributed by atoms with Crippen LogP contribution in [0.4, 0.5) is 0 Å². The van der Waals surface area contributed by atoms with E-state index in [0.717, 1.165) is 0 Å². The molecule has 1 atom stereocenters. The monoisotopic (exact) mass is 146 g/mol. The van der Waals surface area contributed by atoms with E-state index in [1.807, 2.05) is 0 Å². The van der Waals surface area contributed by atoms with E-state index < -0.39 is 4.87 Å². The molecular formula is C5H7ClN2O. The molecule has 0 bridgehead atoms. The number of hydrogen-bond donors (Lipinski definition) is 1. The number of alkyl halides is 1. The molecule has 9 heavy (non-hydrogen) atoms. The van der Waals surface area contributed by atoms with Crippen molar-refractivity contribution in [3.63, 3.8) is 0 Å². The van der Waals surface area contributed by atoms with Gasteiger partial charge in [0, 0.05) is 0 Å². The van der Waals surface area contributed by atoms with Gasteiger partial charge in [-0.3, -0.25) is 4.79 Å². The highest BCUT2D eigenvalue weighted by Crippen LogP contribution is 2.20. The molecule has 1 rings (SSSR count). The van der Waals surface area contributed by atoms with Crippen molar-refractivity contribution in [1.82, 2.24) is 5.43 Å². The number of nitrogens with zero attached hydrogens (tertiary/aromatic N) is 1. The first kappa shape index (κ1) is 6.55. The van der Waals surface area contributed by atoms with Crippen LogP contribution in [0.5, 0.6) is 0 Å². The molecule has 0 aromatic rings. The second-order valence-corrected chi connectivity index (χ2v) is 2.90. The fraction of sp³-hybridized carbons (Fsp3) is 0.600. The first-order valence-corrected chi connectivity index (χ1v) is 2.97. The normalized spacial score (nSPS) is 34.1. The Hall–Kier alpha value is -0.570. The number of carbonyl (C=O) groups excluding carboxylic acids is 1. The predicted octanol–water partition coefficient (Wildman–Crippen LogP) is 0.490. The number of amides is 1. The second-order valence-electron chi connectivity index (χ2n) is 2.14. The number of rotatable bonds is 0. The van der Waals surface area contributed by atoms with E-state index in [4.69, 9.17) is 11.6 Å². The van der Waals surface area contributed by atoms with Crippen LogP contribution in [-0.4, -0.2) is 16.5 Å².